The SMILES string of the molecule is CC(=O)N[C@@H](CCCCN)C(=O)N[C@@H](CCCCN)C(=O)N[C@@H](Cc1c[nH]c2ccccc12)C(=O)N[C@@H](Cc1c[nH]c2ccccc12)C(=O)N[C@@H](CCCCN)C(=O)N[C@@H](CCCCN)C(=O)N[C@@H](Cc1c[nH]c2ccccc12)C(=O)N[C@@H](CSC(c1ccccc1)c1ccccc1)C(=O)N[C@@H](CCCCN)C(=O)NN. The number of aromatic nitrogens is 3. The summed E-state index contributed by atoms with van der Waals surface area (Å²) in [6.07, 6.45) is 9.93. The summed E-state index contributed by atoms with van der Waals surface area (Å²) in [6.45, 7) is 2.77. The van der Waals surface area contributed by atoms with Gasteiger partial charge in [-0.1, -0.05) is 115 Å². The number of amides is 10. The number of nitrogens with two attached hydrogens (primary N) is 6. The van der Waals surface area contributed by atoms with Gasteiger partial charge in [-0.2, -0.15) is 0 Å². The van der Waals surface area contributed by atoms with E-state index < -0.39 is 113 Å². The number of hydrogen-bond donors (Lipinski definition) is 19. The molecule has 0 aliphatic heterocycles. The molecule has 9 atom stereocenters. The Bertz CT molecular complexity index is 4270. The van der Waals surface area contributed by atoms with Crippen LogP contribution in [0.4, 0.5) is 0 Å². The molecule has 25 N–H and O–H groups in total. The predicted molar refractivity (Wildman–Crippen MR) is 433 cm³/mol. The number of fused-ring (bicyclic) bond motifs is 3. The molecule has 0 fully saturated rings. The van der Waals surface area contributed by atoms with Crippen molar-refractivity contribution in [1.82, 2.24) is 68.2 Å². The standard InChI is InChI=1S/C81H111N19O10S/c1-51(101)91-63(34-14-19-39-82)73(102)92-65(36-16-21-41-84)75(104)96-69(45-55-48-89-61-32-12-9-29-58(55)61)78(107)98-68(44-54-47-88-60-31-11-8-28-57(54)60)77(106)94-64(35-15-20-40-83)74(103)93-66(37-17-22-42-85)76(105)97-70(46-56-49-90-62-33-13-10-30-59(56)62)79(108)99-71(80(109)95-67(81(110)100-87)38-18-23-43-86)50-111-72(52-24-4-2-5-25-52)53-26-6-3-7-27-53/h2-13,24-33,47-49,63-72,88-90H,14-23,34-46,50,82-87H2,1H3,(H,91,101)(H,92,102)(H,93,103)(H,94,106)(H,95,109)(H,96,104)(H,97,105)(H,98,107)(H,99,108)(H,100,110)/t63-,64-,65-,66-,67-,68-,69-,70-,71-/m0/s1. The van der Waals surface area contributed by atoms with E-state index in [0.29, 0.717) is 101 Å². The molecule has 0 bridgehead atoms. The third-order valence-electron chi connectivity index (χ3n) is 19.6. The van der Waals surface area contributed by atoms with Gasteiger partial charge in [-0.15, -0.1) is 11.8 Å². The van der Waals surface area contributed by atoms with Crippen LogP contribution in [0.5, 0.6) is 0 Å². The minimum atomic E-state index is -1.45. The Kier molecular flexibility index (Phi) is 35.4. The normalized spacial score (nSPS) is 13.8. The molecule has 0 aliphatic rings. The number of aromatic amines is 3. The molecular weight excluding hydrogens is 1430 g/mol. The number of hydrazine groups is 1. The lowest BCUT2D eigenvalue weighted by atomic mass is 10.00. The summed E-state index contributed by atoms with van der Waals surface area (Å²) in [5.74, 6) is -1.42. The molecule has 8 aromatic rings. The highest BCUT2D eigenvalue weighted by Crippen LogP contribution is 2.36. The number of benzene rings is 5. The Morgan fingerprint density at radius 3 is 0.865 bits per heavy atom. The van der Waals surface area contributed by atoms with Crippen LogP contribution in [0.1, 0.15) is 136 Å². The third-order valence-corrected chi connectivity index (χ3v) is 21.0. The number of para-hydroxylation sites is 3. The van der Waals surface area contributed by atoms with Gasteiger partial charge in [0.2, 0.25) is 53.2 Å². The molecule has 0 saturated carbocycles. The molecule has 0 saturated heterocycles. The average molecular weight is 1540 g/mol. The van der Waals surface area contributed by atoms with E-state index in [1.165, 1.54) is 18.7 Å². The Morgan fingerprint density at radius 1 is 0.315 bits per heavy atom. The zero-order valence-electron chi connectivity index (χ0n) is 63.1. The van der Waals surface area contributed by atoms with E-state index in [0.717, 1.165) is 43.8 Å². The minimum absolute atomic E-state index is 0.00919. The van der Waals surface area contributed by atoms with Gasteiger partial charge in [-0.3, -0.25) is 53.4 Å². The highest BCUT2D eigenvalue weighted by molar-refractivity contribution is 7.99. The second kappa shape index (κ2) is 45.6. The van der Waals surface area contributed by atoms with Gasteiger partial charge in [0.1, 0.15) is 54.4 Å². The van der Waals surface area contributed by atoms with Gasteiger partial charge in [-0.05, 0) is 175 Å². The highest BCUT2D eigenvalue weighted by atomic mass is 32.2. The van der Waals surface area contributed by atoms with E-state index in [1.54, 1.807) is 18.6 Å². The van der Waals surface area contributed by atoms with Crippen LogP contribution in [0.3, 0.4) is 0 Å². The topological polar surface area (TPSA) is 494 Å². The van der Waals surface area contributed by atoms with Gasteiger partial charge in [0, 0.05) is 83.2 Å². The summed E-state index contributed by atoms with van der Waals surface area (Å²) in [5.41, 5.74) is 37.7. The van der Waals surface area contributed by atoms with Crippen LogP contribution in [0.25, 0.3) is 32.7 Å². The molecular formula is C81H111N19O10S. The summed E-state index contributed by atoms with van der Waals surface area (Å²) >= 11 is 1.39. The molecule has 29 nitrogen and oxygen atoms in total. The van der Waals surface area contributed by atoms with Crippen LogP contribution in [0.15, 0.2) is 152 Å². The number of unbranched alkanes of at least 4 members (excludes halogenated alkanes) is 5. The molecule has 5 aromatic carbocycles. The lowest BCUT2D eigenvalue weighted by molar-refractivity contribution is -0.136. The van der Waals surface area contributed by atoms with Crippen molar-refractivity contribution in [1.29, 1.82) is 0 Å². The molecule has 0 unspecified atom stereocenters. The first-order chi connectivity index (χ1) is 53.9. The zero-order valence-corrected chi connectivity index (χ0v) is 63.9. The molecule has 8 rings (SSSR count). The van der Waals surface area contributed by atoms with Gasteiger partial charge >= 0.3 is 0 Å². The maximum absolute atomic E-state index is 15.5. The van der Waals surface area contributed by atoms with Gasteiger partial charge < -0.3 is 91.5 Å². The van der Waals surface area contributed by atoms with Crippen molar-refractivity contribution in [3.05, 3.63) is 180 Å². The van der Waals surface area contributed by atoms with Crippen molar-refractivity contribution in [3.63, 3.8) is 0 Å². The number of carbonyl (C=O) groups excluding carboxylic acids is 10. The predicted octanol–water partition coefficient (Wildman–Crippen LogP) is 3.70. The lowest BCUT2D eigenvalue weighted by Gasteiger charge is -2.29. The molecule has 3 heterocycles. The summed E-state index contributed by atoms with van der Waals surface area (Å²) < 4.78 is 0. The first kappa shape index (κ1) is 86.1. The summed E-state index contributed by atoms with van der Waals surface area (Å²) in [6, 6.07) is 29.9. The monoisotopic (exact) mass is 1540 g/mol. The first-order valence-electron chi connectivity index (χ1n) is 38.4. The van der Waals surface area contributed by atoms with Crippen LogP contribution in [0.2, 0.25) is 0 Å². The Morgan fingerprint density at radius 2 is 0.568 bits per heavy atom. The van der Waals surface area contributed by atoms with Crippen molar-refractivity contribution in [3.8, 4) is 0 Å². The average Bonchev–Trinajstić information content (AvgIpc) is 1.72. The zero-order chi connectivity index (χ0) is 79.4. The molecule has 10 amide bonds. The number of carbonyl (C=O) groups is 10. The number of nitrogens with one attached hydrogen (secondary N) is 13. The quantitative estimate of drug-likeness (QED) is 0.0112. The lowest BCUT2D eigenvalue weighted by Crippen LogP contribution is -2.61. The number of thioether (sulfide) groups is 1. The Hall–Kier alpha value is -10.5. The van der Waals surface area contributed by atoms with Crippen molar-refractivity contribution >= 4 is 104 Å². The summed E-state index contributed by atoms with van der Waals surface area (Å²) in [4.78, 5) is 157. The Labute approximate surface area is 651 Å². The highest BCUT2D eigenvalue weighted by Gasteiger charge is 2.37. The second-order valence-electron chi connectivity index (χ2n) is 27.9. The minimum Gasteiger partial charge on any atom is -0.361 e. The molecule has 0 spiro atoms. The summed E-state index contributed by atoms with van der Waals surface area (Å²) in [5, 5.41) is 27.9. The summed E-state index contributed by atoms with van der Waals surface area (Å²) in [7, 11) is 0. The Balaban J connectivity index is 1.11. The molecule has 596 valence electrons. The van der Waals surface area contributed by atoms with Crippen LogP contribution < -0.4 is 87.8 Å². The molecule has 0 aliphatic carbocycles. The van der Waals surface area contributed by atoms with Crippen LogP contribution in [-0.4, -0.2) is 167 Å². The van der Waals surface area contributed by atoms with Crippen LogP contribution in [0, 0.1) is 0 Å². The van der Waals surface area contributed by atoms with E-state index in [9.17, 15) is 24.0 Å². The van der Waals surface area contributed by atoms with E-state index >= 15 is 24.0 Å². The number of rotatable bonds is 49. The van der Waals surface area contributed by atoms with Crippen LogP contribution in [-0.2, 0) is 67.2 Å². The molecule has 3 aromatic heterocycles. The number of hydrogen-bond acceptors (Lipinski definition) is 17. The second-order valence-corrected chi connectivity index (χ2v) is 29.0. The van der Waals surface area contributed by atoms with Gasteiger partial charge in [-0.25, -0.2) is 5.84 Å². The maximum Gasteiger partial charge on any atom is 0.256 e. The van der Waals surface area contributed by atoms with Crippen molar-refractivity contribution < 1.29 is 47.9 Å². The van der Waals surface area contributed by atoms with Gasteiger partial charge in [0.05, 0.1) is 5.25 Å². The van der Waals surface area contributed by atoms with Crippen molar-refractivity contribution in [2.75, 3.05) is 38.5 Å². The van der Waals surface area contributed by atoms with E-state index in [2.05, 4.69) is 68.2 Å². The first-order valence-corrected chi connectivity index (χ1v) is 39.5. The molecule has 111 heavy (non-hydrogen) atoms. The van der Waals surface area contributed by atoms with E-state index in [-0.39, 0.29) is 75.5 Å². The molecule has 30 heteroatoms. The smallest absolute Gasteiger partial charge is 0.256 e. The third kappa shape index (κ3) is 26.4. The fourth-order valence-electron chi connectivity index (χ4n) is 13.5. The van der Waals surface area contributed by atoms with E-state index in [1.807, 2.05) is 133 Å². The molecule has 0 radical (unpaired) electrons. The van der Waals surface area contributed by atoms with Crippen LogP contribution >= 0.6 is 11.8 Å². The van der Waals surface area contributed by atoms with Crippen molar-refractivity contribution in [2.24, 2.45) is 34.5 Å². The fourth-order valence-corrected chi connectivity index (χ4v) is 14.9. The largest absolute Gasteiger partial charge is 0.361 e. The maximum atomic E-state index is 15.5. The van der Waals surface area contributed by atoms with Gasteiger partial charge in [0.15, 0.2) is 0 Å². The van der Waals surface area contributed by atoms with Gasteiger partial charge in [0.25, 0.3) is 5.91 Å². The fraction of sp³-hybridized carbons (Fsp3) is 0.432. The van der Waals surface area contributed by atoms with Crippen molar-refractivity contribution in [2.45, 2.75) is 182 Å². The van der Waals surface area contributed by atoms with E-state index in [4.69, 9.17) is 34.5 Å². The number of H-pyrrole nitrogens is 3.